The van der Waals surface area contributed by atoms with E-state index >= 15 is 0 Å². The van der Waals surface area contributed by atoms with Crippen molar-refractivity contribution in [3.63, 3.8) is 0 Å². The van der Waals surface area contributed by atoms with Gasteiger partial charge in [-0.05, 0) is 31.2 Å². The largest absolute Gasteiger partial charge is 0.447 e. The molecule has 0 heterocycles. The van der Waals surface area contributed by atoms with Gasteiger partial charge in [0.2, 0.25) is 6.10 Å². The summed E-state index contributed by atoms with van der Waals surface area (Å²) in [5.41, 5.74) is -0.172. The van der Waals surface area contributed by atoms with Gasteiger partial charge in [-0.25, -0.2) is 4.39 Å². The van der Waals surface area contributed by atoms with Crippen molar-refractivity contribution in [3.8, 4) is 0 Å². The fourth-order valence-corrected chi connectivity index (χ4v) is 3.19. The number of nitrogens with one attached hydrogen (secondary N) is 1. The van der Waals surface area contributed by atoms with Crippen LogP contribution >= 0.6 is 23.2 Å². The molecule has 2 atom stereocenters. The fourth-order valence-electron chi connectivity index (χ4n) is 2.50. The van der Waals surface area contributed by atoms with Crippen molar-refractivity contribution in [3.05, 3.63) is 66.0 Å². The Labute approximate surface area is 160 Å². The highest BCUT2D eigenvalue weighted by Gasteiger charge is 2.69. The summed E-state index contributed by atoms with van der Waals surface area (Å²) in [6.45, 7) is 1.59. The Bertz CT molecular complexity index is 826. The predicted molar refractivity (Wildman–Crippen MR) is 97.5 cm³/mol. The summed E-state index contributed by atoms with van der Waals surface area (Å²) < 4.78 is 17.3. The van der Waals surface area contributed by atoms with Crippen molar-refractivity contribution in [2.75, 3.05) is 5.32 Å². The highest BCUT2D eigenvalue weighted by atomic mass is 35.5. The quantitative estimate of drug-likeness (QED) is 0.592. The highest BCUT2D eigenvalue weighted by molar-refractivity contribution is 6.53. The van der Waals surface area contributed by atoms with Crippen molar-refractivity contribution in [1.82, 2.24) is 0 Å². The first-order valence-electron chi connectivity index (χ1n) is 7.93. The molecule has 0 radical (unpaired) electrons. The van der Waals surface area contributed by atoms with Gasteiger partial charge in [0, 0.05) is 17.7 Å². The molecule has 136 valence electrons. The SMILES string of the molecule is C[C@]1(C(=O)O[C@H](C(=O)Nc2ccc(F)cc2)c2ccccc2)CC1(Cl)Cl. The minimum absolute atomic E-state index is 0.253. The number of rotatable bonds is 5. The highest BCUT2D eigenvalue weighted by Crippen LogP contribution is 2.64. The molecular weight excluding hydrogens is 380 g/mol. The third-order valence-corrected chi connectivity index (χ3v) is 5.49. The smallest absolute Gasteiger partial charge is 0.316 e. The van der Waals surface area contributed by atoms with Gasteiger partial charge in [0.25, 0.3) is 5.91 Å². The average Bonchev–Trinajstić information content (AvgIpc) is 3.14. The zero-order chi connectivity index (χ0) is 18.9. The normalized spacial score (nSPS) is 21.5. The van der Waals surface area contributed by atoms with E-state index in [9.17, 15) is 14.0 Å². The summed E-state index contributed by atoms with van der Waals surface area (Å²) in [4.78, 5) is 25.2. The van der Waals surface area contributed by atoms with Crippen LogP contribution in [0.25, 0.3) is 0 Å². The molecule has 1 aliphatic carbocycles. The Balaban J connectivity index is 1.81. The number of halogens is 3. The number of amides is 1. The van der Waals surface area contributed by atoms with Crippen molar-refractivity contribution in [2.45, 2.75) is 23.8 Å². The molecule has 3 rings (SSSR count). The number of hydrogen-bond acceptors (Lipinski definition) is 3. The Hall–Kier alpha value is -2.11. The van der Waals surface area contributed by atoms with E-state index in [1.807, 2.05) is 0 Å². The summed E-state index contributed by atoms with van der Waals surface area (Å²) >= 11 is 12.1. The number of esters is 1. The number of hydrogen-bond donors (Lipinski definition) is 1. The Morgan fingerprint density at radius 2 is 1.69 bits per heavy atom. The first-order valence-corrected chi connectivity index (χ1v) is 8.69. The molecule has 0 saturated heterocycles. The molecular formula is C19H16Cl2FNO3. The van der Waals surface area contributed by atoms with Gasteiger partial charge in [0.15, 0.2) is 0 Å². The number of anilines is 1. The summed E-state index contributed by atoms with van der Waals surface area (Å²) in [6, 6.07) is 13.9. The molecule has 0 unspecified atom stereocenters. The van der Waals surface area contributed by atoms with Crippen LogP contribution < -0.4 is 5.32 Å². The van der Waals surface area contributed by atoms with Gasteiger partial charge in [-0.1, -0.05) is 30.3 Å². The Morgan fingerprint density at radius 1 is 1.12 bits per heavy atom. The monoisotopic (exact) mass is 395 g/mol. The molecule has 4 nitrogen and oxygen atoms in total. The molecule has 0 aliphatic heterocycles. The zero-order valence-electron chi connectivity index (χ0n) is 13.8. The van der Waals surface area contributed by atoms with E-state index in [0.29, 0.717) is 11.3 Å². The van der Waals surface area contributed by atoms with E-state index in [4.69, 9.17) is 27.9 Å². The fraction of sp³-hybridized carbons (Fsp3) is 0.263. The van der Waals surface area contributed by atoms with Crippen molar-refractivity contribution < 1.29 is 18.7 Å². The number of carbonyl (C=O) groups excluding carboxylic acids is 2. The molecule has 7 heteroatoms. The maximum absolute atomic E-state index is 13.0. The molecule has 1 fully saturated rings. The molecule has 1 saturated carbocycles. The van der Waals surface area contributed by atoms with Crippen LogP contribution in [0.5, 0.6) is 0 Å². The van der Waals surface area contributed by atoms with Crippen LogP contribution in [0.3, 0.4) is 0 Å². The molecule has 0 bridgehead atoms. The van der Waals surface area contributed by atoms with Gasteiger partial charge in [-0.15, -0.1) is 23.2 Å². The second-order valence-electron chi connectivity index (χ2n) is 6.41. The van der Waals surface area contributed by atoms with Crippen molar-refractivity contribution >= 4 is 40.8 Å². The van der Waals surface area contributed by atoms with Gasteiger partial charge in [-0.2, -0.15) is 0 Å². The first-order chi connectivity index (χ1) is 12.2. The number of ether oxygens (including phenoxy) is 1. The Kier molecular flexibility index (Phi) is 4.95. The van der Waals surface area contributed by atoms with E-state index in [1.54, 1.807) is 37.3 Å². The third kappa shape index (κ3) is 3.69. The van der Waals surface area contributed by atoms with Gasteiger partial charge >= 0.3 is 5.97 Å². The maximum Gasteiger partial charge on any atom is 0.316 e. The van der Waals surface area contributed by atoms with Crippen LogP contribution in [-0.4, -0.2) is 16.2 Å². The number of carbonyl (C=O) groups is 2. The summed E-state index contributed by atoms with van der Waals surface area (Å²) in [7, 11) is 0. The topological polar surface area (TPSA) is 55.4 Å². The summed E-state index contributed by atoms with van der Waals surface area (Å²) in [5, 5.41) is 2.62. The molecule has 0 spiro atoms. The summed E-state index contributed by atoms with van der Waals surface area (Å²) in [6.07, 6.45) is -0.932. The van der Waals surface area contributed by atoms with Gasteiger partial charge in [-0.3, -0.25) is 9.59 Å². The van der Waals surface area contributed by atoms with Crippen LogP contribution in [0, 0.1) is 11.2 Å². The van der Waals surface area contributed by atoms with E-state index in [1.165, 1.54) is 24.3 Å². The van der Waals surface area contributed by atoms with Crippen LogP contribution in [0.4, 0.5) is 10.1 Å². The average molecular weight is 396 g/mol. The second-order valence-corrected chi connectivity index (χ2v) is 7.89. The molecule has 0 aromatic heterocycles. The predicted octanol–water partition coefficient (Wildman–Crippen LogP) is 4.63. The lowest BCUT2D eigenvalue weighted by molar-refractivity contribution is -0.159. The minimum atomic E-state index is -1.20. The van der Waals surface area contributed by atoms with E-state index in [0.717, 1.165) is 0 Å². The van der Waals surface area contributed by atoms with Gasteiger partial charge in [0.05, 0.1) is 0 Å². The molecule has 1 N–H and O–H groups in total. The number of alkyl halides is 2. The molecule has 26 heavy (non-hydrogen) atoms. The van der Waals surface area contributed by atoms with E-state index in [-0.39, 0.29) is 6.42 Å². The standard InChI is InChI=1S/C19H16Cl2FNO3/c1-18(11-19(18,20)21)17(25)26-15(12-5-3-2-4-6-12)16(24)23-14-9-7-13(22)8-10-14/h2-10,15H,11H2,1H3,(H,23,24)/t15-,18+/m0/s1. The molecule has 1 aliphatic rings. The van der Waals surface area contributed by atoms with Crippen LogP contribution in [-0.2, 0) is 14.3 Å². The lowest BCUT2D eigenvalue weighted by atomic mass is 10.1. The Morgan fingerprint density at radius 3 is 2.23 bits per heavy atom. The maximum atomic E-state index is 13.0. The summed E-state index contributed by atoms with van der Waals surface area (Å²) in [5.74, 6) is -1.63. The van der Waals surface area contributed by atoms with Gasteiger partial charge in [0.1, 0.15) is 15.6 Å². The molecule has 1 amide bonds. The van der Waals surface area contributed by atoms with Crippen LogP contribution in [0.1, 0.15) is 25.0 Å². The minimum Gasteiger partial charge on any atom is -0.447 e. The number of benzene rings is 2. The third-order valence-electron chi connectivity index (χ3n) is 4.39. The zero-order valence-corrected chi connectivity index (χ0v) is 15.4. The van der Waals surface area contributed by atoms with Crippen molar-refractivity contribution in [2.24, 2.45) is 5.41 Å². The molecule has 2 aromatic carbocycles. The van der Waals surface area contributed by atoms with Crippen LogP contribution in [0.2, 0.25) is 0 Å². The van der Waals surface area contributed by atoms with Gasteiger partial charge < -0.3 is 10.1 Å². The van der Waals surface area contributed by atoms with E-state index < -0.39 is 33.5 Å². The van der Waals surface area contributed by atoms with Crippen molar-refractivity contribution in [1.29, 1.82) is 0 Å². The lowest BCUT2D eigenvalue weighted by Gasteiger charge is -2.20. The second kappa shape index (κ2) is 6.89. The first kappa shape index (κ1) is 18.7. The van der Waals surface area contributed by atoms with E-state index in [2.05, 4.69) is 5.32 Å². The lowest BCUT2D eigenvalue weighted by Crippen LogP contribution is -2.30. The van der Waals surface area contributed by atoms with Crippen LogP contribution in [0.15, 0.2) is 54.6 Å². The molecule has 2 aromatic rings.